The summed E-state index contributed by atoms with van der Waals surface area (Å²) in [5.41, 5.74) is 2.61. The van der Waals surface area contributed by atoms with E-state index in [1.165, 1.54) is 11.1 Å². The van der Waals surface area contributed by atoms with Gasteiger partial charge in [0.1, 0.15) is 12.3 Å². The van der Waals surface area contributed by atoms with Crippen molar-refractivity contribution in [3.05, 3.63) is 29.3 Å². The Balaban J connectivity index is 0.00000320. The second kappa shape index (κ2) is 12.3. The van der Waals surface area contributed by atoms with E-state index in [-0.39, 0.29) is 42.5 Å². The van der Waals surface area contributed by atoms with Gasteiger partial charge in [-0.15, -0.1) is 24.0 Å². The number of aliphatic imine (C=N–C) groups is 1. The molecule has 0 spiro atoms. The number of amides is 1. The number of guanidine groups is 1. The summed E-state index contributed by atoms with van der Waals surface area (Å²) in [7, 11) is 3.51. The standard InChI is InChI=1S/C22H34N4O3.HI/c1-4-11-28-19-8-7-18-16-26(10-9-17(18)13-19)22(24-15-21(27)25(2)3)23-14-20-6-5-12-29-20;/h7-8,13,20H,4-6,9-12,14-16H2,1-3H3,(H,23,24);1H. The average Bonchev–Trinajstić information content (AvgIpc) is 3.25. The molecule has 0 radical (unpaired) electrons. The zero-order valence-electron chi connectivity index (χ0n) is 18.4. The van der Waals surface area contributed by atoms with Gasteiger partial charge in [0.05, 0.1) is 12.7 Å². The van der Waals surface area contributed by atoms with Crippen LogP contribution in [0.3, 0.4) is 0 Å². The first-order chi connectivity index (χ1) is 14.1. The third-order valence-electron chi connectivity index (χ3n) is 5.34. The van der Waals surface area contributed by atoms with Crippen molar-refractivity contribution in [2.24, 2.45) is 4.99 Å². The van der Waals surface area contributed by atoms with E-state index in [1.54, 1.807) is 19.0 Å². The molecule has 1 saturated heterocycles. The molecule has 0 aliphatic carbocycles. The van der Waals surface area contributed by atoms with Crippen LogP contribution in [-0.2, 0) is 22.5 Å². The van der Waals surface area contributed by atoms with E-state index in [0.29, 0.717) is 0 Å². The molecule has 1 amide bonds. The van der Waals surface area contributed by atoms with Gasteiger partial charge in [0.15, 0.2) is 5.96 Å². The Morgan fingerprint density at radius 1 is 1.37 bits per heavy atom. The molecule has 8 heteroatoms. The van der Waals surface area contributed by atoms with Crippen LogP contribution in [0.1, 0.15) is 37.3 Å². The molecule has 0 aromatic heterocycles. The quantitative estimate of drug-likeness (QED) is 0.334. The van der Waals surface area contributed by atoms with Gasteiger partial charge >= 0.3 is 0 Å². The zero-order chi connectivity index (χ0) is 20.6. The van der Waals surface area contributed by atoms with E-state index >= 15 is 0 Å². The molecule has 0 bridgehead atoms. The second-order valence-electron chi connectivity index (χ2n) is 7.89. The van der Waals surface area contributed by atoms with E-state index in [0.717, 1.165) is 70.2 Å². The van der Waals surface area contributed by atoms with Gasteiger partial charge in [-0.05, 0) is 48.9 Å². The van der Waals surface area contributed by atoms with Crippen molar-refractivity contribution in [2.75, 3.05) is 46.9 Å². The lowest BCUT2D eigenvalue weighted by Gasteiger charge is -2.32. The Hall–Kier alpha value is -1.55. The van der Waals surface area contributed by atoms with Gasteiger partial charge < -0.3 is 24.6 Å². The van der Waals surface area contributed by atoms with Crippen molar-refractivity contribution in [1.29, 1.82) is 0 Å². The highest BCUT2D eigenvalue weighted by Gasteiger charge is 2.22. The number of rotatable bonds is 7. The Morgan fingerprint density at radius 2 is 2.20 bits per heavy atom. The van der Waals surface area contributed by atoms with Crippen molar-refractivity contribution in [1.82, 2.24) is 15.1 Å². The topological polar surface area (TPSA) is 66.4 Å². The average molecular weight is 530 g/mol. The van der Waals surface area contributed by atoms with Gasteiger partial charge in [0, 0.05) is 40.3 Å². The van der Waals surface area contributed by atoms with Crippen molar-refractivity contribution in [3.63, 3.8) is 0 Å². The Bertz CT molecular complexity index is 720. The molecule has 2 aliphatic heterocycles. The molecule has 1 aromatic carbocycles. The highest BCUT2D eigenvalue weighted by Crippen LogP contribution is 2.24. The maximum atomic E-state index is 12.0. The largest absolute Gasteiger partial charge is 0.494 e. The lowest BCUT2D eigenvalue weighted by Crippen LogP contribution is -2.46. The Labute approximate surface area is 197 Å². The summed E-state index contributed by atoms with van der Waals surface area (Å²) in [6.07, 6.45) is 4.34. The lowest BCUT2D eigenvalue weighted by molar-refractivity contribution is -0.127. The van der Waals surface area contributed by atoms with Crippen LogP contribution in [0.5, 0.6) is 5.75 Å². The van der Waals surface area contributed by atoms with Gasteiger partial charge in [-0.3, -0.25) is 4.79 Å². The van der Waals surface area contributed by atoms with Crippen LogP contribution in [0, 0.1) is 0 Å². The minimum atomic E-state index is -0.00320. The number of benzene rings is 1. The predicted octanol–water partition coefficient (Wildman–Crippen LogP) is 2.66. The van der Waals surface area contributed by atoms with Crippen molar-refractivity contribution in [2.45, 2.75) is 45.3 Å². The Morgan fingerprint density at radius 3 is 2.90 bits per heavy atom. The molecule has 7 nitrogen and oxygen atoms in total. The zero-order valence-corrected chi connectivity index (χ0v) is 20.7. The SMILES string of the molecule is CCCOc1ccc2c(c1)CCN(C(=NCC(=O)N(C)C)NCC1CCCO1)C2.I. The van der Waals surface area contributed by atoms with E-state index < -0.39 is 0 Å². The first kappa shape index (κ1) is 24.7. The third kappa shape index (κ3) is 7.01. The maximum absolute atomic E-state index is 12.0. The van der Waals surface area contributed by atoms with Gasteiger partial charge in [-0.1, -0.05) is 13.0 Å². The molecule has 3 rings (SSSR count). The normalized spacial score (nSPS) is 18.4. The van der Waals surface area contributed by atoms with Crippen LogP contribution in [-0.4, -0.2) is 74.7 Å². The van der Waals surface area contributed by atoms with E-state index in [9.17, 15) is 4.79 Å². The fraction of sp³-hybridized carbons (Fsp3) is 0.636. The monoisotopic (exact) mass is 530 g/mol. The summed E-state index contributed by atoms with van der Waals surface area (Å²) in [6, 6.07) is 6.36. The number of halogens is 1. The highest BCUT2D eigenvalue weighted by atomic mass is 127. The second-order valence-corrected chi connectivity index (χ2v) is 7.89. The summed E-state index contributed by atoms with van der Waals surface area (Å²) in [5.74, 6) is 1.73. The summed E-state index contributed by atoms with van der Waals surface area (Å²) < 4.78 is 11.5. The van der Waals surface area contributed by atoms with E-state index in [4.69, 9.17) is 9.47 Å². The number of fused-ring (bicyclic) bond motifs is 1. The molecule has 1 N–H and O–H groups in total. The van der Waals surface area contributed by atoms with Crippen molar-refractivity contribution < 1.29 is 14.3 Å². The highest BCUT2D eigenvalue weighted by molar-refractivity contribution is 14.0. The summed E-state index contributed by atoms with van der Waals surface area (Å²) in [4.78, 5) is 20.5. The van der Waals surface area contributed by atoms with Crippen LogP contribution in [0.2, 0.25) is 0 Å². The molecular weight excluding hydrogens is 495 g/mol. The number of ether oxygens (including phenoxy) is 2. The number of nitrogens with zero attached hydrogens (tertiary/aromatic N) is 3. The van der Waals surface area contributed by atoms with E-state index in [1.807, 2.05) is 6.07 Å². The molecule has 168 valence electrons. The molecule has 1 unspecified atom stereocenters. The fourth-order valence-electron chi connectivity index (χ4n) is 3.58. The number of hydrogen-bond donors (Lipinski definition) is 1. The summed E-state index contributed by atoms with van der Waals surface area (Å²) in [5, 5.41) is 3.45. The van der Waals surface area contributed by atoms with Gasteiger partial charge in [-0.2, -0.15) is 0 Å². The molecule has 1 aromatic rings. The number of carbonyl (C=O) groups excluding carboxylic acids is 1. The fourth-order valence-corrected chi connectivity index (χ4v) is 3.58. The maximum Gasteiger partial charge on any atom is 0.243 e. The molecule has 30 heavy (non-hydrogen) atoms. The molecule has 2 aliphatic rings. The first-order valence-electron chi connectivity index (χ1n) is 10.7. The smallest absolute Gasteiger partial charge is 0.243 e. The van der Waals surface area contributed by atoms with E-state index in [2.05, 4.69) is 34.3 Å². The van der Waals surface area contributed by atoms with Gasteiger partial charge in [0.25, 0.3) is 0 Å². The van der Waals surface area contributed by atoms with Crippen LogP contribution in [0.4, 0.5) is 0 Å². The van der Waals surface area contributed by atoms with Crippen LogP contribution >= 0.6 is 24.0 Å². The van der Waals surface area contributed by atoms with Crippen LogP contribution in [0.15, 0.2) is 23.2 Å². The van der Waals surface area contributed by atoms with Crippen molar-refractivity contribution >= 4 is 35.8 Å². The van der Waals surface area contributed by atoms with Gasteiger partial charge in [0.2, 0.25) is 5.91 Å². The molecule has 2 heterocycles. The predicted molar refractivity (Wildman–Crippen MR) is 130 cm³/mol. The minimum Gasteiger partial charge on any atom is -0.494 e. The van der Waals surface area contributed by atoms with Gasteiger partial charge in [-0.25, -0.2) is 4.99 Å². The number of hydrogen-bond acceptors (Lipinski definition) is 4. The molecular formula is C22H35IN4O3. The third-order valence-corrected chi connectivity index (χ3v) is 5.34. The van der Waals surface area contributed by atoms with Crippen LogP contribution in [0.25, 0.3) is 0 Å². The molecule has 1 fully saturated rings. The molecule has 0 saturated carbocycles. The minimum absolute atomic E-state index is 0. The molecule has 1 atom stereocenters. The lowest BCUT2D eigenvalue weighted by atomic mass is 9.99. The Kier molecular flexibility index (Phi) is 10.2. The summed E-state index contributed by atoms with van der Waals surface area (Å²) in [6.45, 7) is 6.19. The number of nitrogens with one attached hydrogen (secondary N) is 1. The number of carbonyl (C=O) groups is 1. The number of likely N-dealkylation sites (N-methyl/N-ethyl adjacent to an activating group) is 1. The van der Waals surface area contributed by atoms with Crippen molar-refractivity contribution in [3.8, 4) is 5.75 Å². The first-order valence-corrected chi connectivity index (χ1v) is 10.7. The van der Waals surface area contributed by atoms with Crippen LogP contribution < -0.4 is 10.1 Å². The summed E-state index contributed by atoms with van der Waals surface area (Å²) >= 11 is 0.